The van der Waals surface area contributed by atoms with Crippen LogP contribution in [0.1, 0.15) is 40.7 Å². The van der Waals surface area contributed by atoms with Crippen molar-refractivity contribution >= 4 is 39.2 Å². The van der Waals surface area contributed by atoms with Crippen LogP contribution in [0.25, 0.3) is 0 Å². The molecule has 1 amide bonds. The highest BCUT2D eigenvalue weighted by molar-refractivity contribution is 8.76. The first-order chi connectivity index (χ1) is 19.4. The number of esters is 1. The average Bonchev–Trinajstić information content (AvgIpc) is 3.58. The van der Waals surface area contributed by atoms with Crippen molar-refractivity contribution in [3.63, 3.8) is 0 Å². The molecular weight excluding hydrogens is 558 g/mol. The number of likely N-dealkylation sites (tertiary alicyclic amines) is 1. The molecule has 212 valence electrons. The molecule has 2 aromatic carbocycles. The van der Waals surface area contributed by atoms with Crippen molar-refractivity contribution in [1.82, 2.24) is 4.90 Å². The number of benzene rings is 2. The molecule has 0 saturated carbocycles. The number of cyclic esters (lactones) is 1. The zero-order valence-electron chi connectivity index (χ0n) is 22.0. The van der Waals surface area contributed by atoms with E-state index >= 15 is 0 Å². The van der Waals surface area contributed by atoms with Gasteiger partial charge in [-0.1, -0.05) is 21.6 Å². The molecule has 0 radical (unpaired) electrons. The van der Waals surface area contributed by atoms with Crippen molar-refractivity contribution in [2.45, 2.75) is 24.0 Å². The first-order valence-corrected chi connectivity index (χ1v) is 15.4. The fraction of sp³-hybridized carbons (Fsp3) is 0.464. The van der Waals surface area contributed by atoms with Crippen molar-refractivity contribution < 1.29 is 43.2 Å². The summed E-state index contributed by atoms with van der Waals surface area (Å²) in [4.78, 5) is 39.4. The number of carbonyl (C=O) groups excluding carboxylic acids is 3. The van der Waals surface area contributed by atoms with Gasteiger partial charge in [-0.3, -0.25) is 14.4 Å². The lowest BCUT2D eigenvalue weighted by molar-refractivity contribution is -0.141. The molecule has 1 N–H and O–H groups in total. The minimum absolute atomic E-state index is 0.00294. The Labute approximate surface area is 239 Å². The SMILES string of the molecule is COc1cc([C@@H]2c3cc4c(cc3[C@@H](SSCC(=O)N3CCC(=O)CC3)[C@H]3COC(=O)[C@H]23)OCO4)cc(OC)c1O. The number of hydrogen-bond donors (Lipinski definition) is 1. The maximum absolute atomic E-state index is 13.3. The Bertz CT molecular complexity index is 1330. The van der Waals surface area contributed by atoms with Gasteiger partial charge in [0.05, 0.1) is 32.5 Å². The molecule has 0 unspecified atom stereocenters. The lowest BCUT2D eigenvalue weighted by atomic mass is 9.67. The summed E-state index contributed by atoms with van der Waals surface area (Å²) in [6, 6.07) is 7.34. The number of aromatic hydroxyl groups is 1. The Hall–Kier alpha value is -3.25. The van der Waals surface area contributed by atoms with E-state index in [9.17, 15) is 19.5 Å². The first kappa shape index (κ1) is 26.9. The smallest absolute Gasteiger partial charge is 0.310 e. The monoisotopic (exact) mass is 587 g/mol. The maximum atomic E-state index is 13.3. The number of phenols is 1. The van der Waals surface area contributed by atoms with E-state index in [4.69, 9.17) is 23.7 Å². The summed E-state index contributed by atoms with van der Waals surface area (Å²) in [6.45, 7) is 1.29. The lowest BCUT2D eigenvalue weighted by Gasteiger charge is -2.38. The van der Waals surface area contributed by atoms with Crippen LogP contribution < -0.4 is 18.9 Å². The van der Waals surface area contributed by atoms with Gasteiger partial charge >= 0.3 is 5.97 Å². The van der Waals surface area contributed by atoms with Crippen LogP contribution in [0.2, 0.25) is 0 Å². The van der Waals surface area contributed by atoms with Crippen molar-refractivity contribution in [3.8, 4) is 28.7 Å². The number of ether oxygens (including phenoxy) is 5. The fourth-order valence-corrected chi connectivity index (χ4v) is 8.87. The molecular formula is C28H29NO9S2. The van der Waals surface area contributed by atoms with E-state index in [1.54, 1.807) is 27.8 Å². The van der Waals surface area contributed by atoms with E-state index in [2.05, 4.69) is 0 Å². The molecule has 0 spiro atoms. The summed E-state index contributed by atoms with van der Waals surface area (Å²) in [6.07, 6.45) is 0.814. The van der Waals surface area contributed by atoms with Gasteiger partial charge in [0.15, 0.2) is 23.0 Å². The first-order valence-electron chi connectivity index (χ1n) is 13.0. The molecule has 0 bridgehead atoms. The van der Waals surface area contributed by atoms with E-state index in [1.165, 1.54) is 25.0 Å². The van der Waals surface area contributed by atoms with Crippen LogP contribution in [0.15, 0.2) is 24.3 Å². The highest BCUT2D eigenvalue weighted by atomic mass is 33.1. The van der Waals surface area contributed by atoms with Gasteiger partial charge < -0.3 is 33.7 Å². The van der Waals surface area contributed by atoms with Gasteiger partial charge in [0.25, 0.3) is 0 Å². The highest BCUT2D eigenvalue weighted by Crippen LogP contribution is 2.60. The number of amides is 1. The van der Waals surface area contributed by atoms with Gasteiger partial charge in [-0.15, -0.1) is 0 Å². The molecule has 12 heteroatoms. The Kier molecular flexibility index (Phi) is 7.39. The van der Waals surface area contributed by atoms with Crippen LogP contribution in [0.4, 0.5) is 0 Å². The minimum Gasteiger partial charge on any atom is -0.502 e. The summed E-state index contributed by atoms with van der Waals surface area (Å²) in [7, 11) is 5.93. The zero-order valence-corrected chi connectivity index (χ0v) is 23.7. The summed E-state index contributed by atoms with van der Waals surface area (Å²) >= 11 is 0. The van der Waals surface area contributed by atoms with Crippen molar-refractivity contribution in [3.05, 3.63) is 41.0 Å². The van der Waals surface area contributed by atoms with E-state index in [1.807, 2.05) is 12.1 Å². The Morgan fingerprint density at radius 1 is 1.00 bits per heavy atom. The number of fused-ring (bicyclic) bond motifs is 3. The molecule has 10 nitrogen and oxygen atoms in total. The molecule has 2 aromatic rings. The summed E-state index contributed by atoms with van der Waals surface area (Å²) in [5.74, 6) is 0.660. The van der Waals surface area contributed by atoms with Crippen molar-refractivity contribution in [2.24, 2.45) is 11.8 Å². The average molecular weight is 588 g/mol. The Balaban J connectivity index is 1.35. The number of phenolic OH excluding ortho intramolecular Hbond substituents is 1. The van der Waals surface area contributed by atoms with E-state index in [0.29, 0.717) is 37.4 Å². The molecule has 40 heavy (non-hydrogen) atoms. The molecule has 3 heterocycles. The zero-order chi connectivity index (χ0) is 28.0. The van der Waals surface area contributed by atoms with Crippen molar-refractivity contribution in [2.75, 3.05) is 46.5 Å². The fourth-order valence-electron chi connectivity index (χ4n) is 5.98. The largest absolute Gasteiger partial charge is 0.502 e. The number of methoxy groups -OCH3 is 2. The molecule has 4 atom stereocenters. The van der Waals surface area contributed by atoms with Gasteiger partial charge in [0.1, 0.15) is 5.78 Å². The van der Waals surface area contributed by atoms with Crippen molar-refractivity contribution in [1.29, 1.82) is 0 Å². The Morgan fingerprint density at radius 2 is 1.65 bits per heavy atom. The van der Waals surface area contributed by atoms with Gasteiger partial charge in [0, 0.05) is 43.0 Å². The third-order valence-electron chi connectivity index (χ3n) is 8.01. The summed E-state index contributed by atoms with van der Waals surface area (Å²) in [5, 5.41) is 10.4. The van der Waals surface area contributed by atoms with Crippen LogP contribution in [0, 0.1) is 11.8 Å². The number of hydrogen-bond acceptors (Lipinski definition) is 11. The number of piperidine rings is 1. The third-order valence-corrected chi connectivity index (χ3v) is 10.7. The van der Waals surface area contributed by atoms with Crippen LogP contribution in [0.3, 0.4) is 0 Å². The molecule has 4 aliphatic rings. The number of nitrogens with zero attached hydrogens (tertiary/aromatic N) is 1. The molecule has 2 fully saturated rings. The number of rotatable bonds is 7. The molecule has 2 saturated heterocycles. The van der Waals surface area contributed by atoms with Gasteiger partial charge in [0.2, 0.25) is 18.4 Å². The standard InChI is InChI=1S/C28H29NO9S2/c1-34-21-7-14(8-22(35-2)26(21)32)24-16-9-19-20(38-13-37-19)10-17(16)27(18-11-36-28(33)25(18)24)40-39-12-23(31)29-5-3-15(30)4-6-29/h7-10,18,24-25,27,32H,3-6,11-13H2,1-2H3/t18-,24+,25-,27+/m0/s1. The van der Waals surface area contributed by atoms with Crippen LogP contribution in [-0.2, 0) is 19.1 Å². The topological polar surface area (TPSA) is 121 Å². The second-order valence-electron chi connectivity index (χ2n) is 10.1. The number of carbonyl (C=O) groups is 3. The second kappa shape index (κ2) is 11.0. The van der Waals surface area contributed by atoms with Crippen LogP contribution in [-0.4, -0.2) is 74.1 Å². The van der Waals surface area contributed by atoms with E-state index in [-0.39, 0.29) is 65.2 Å². The summed E-state index contributed by atoms with van der Waals surface area (Å²) < 4.78 is 27.9. The maximum Gasteiger partial charge on any atom is 0.310 e. The molecule has 3 aliphatic heterocycles. The number of ketones is 1. The van der Waals surface area contributed by atoms with E-state index in [0.717, 1.165) is 16.7 Å². The predicted molar refractivity (Wildman–Crippen MR) is 147 cm³/mol. The lowest BCUT2D eigenvalue weighted by Crippen LogP contribution is -2.39. The molecule has 0 aromatic heterocycles. The van der Waals surface area contributed by atoms with Crippen LogP contribution >= 0.6 is 21.6 Å². The van der Waals surface area contributed by atoms with Crippen LogP contribution in [0.5, 0.6) is 28.7 Å². The van der Waals surface area contributed by atoms with Gasteiger partial charge in [-0.2, -0.15) is 0 Å². The highest BCUT2D eigenvalue weighted by Gasteiger charge is 2.53. The van der Waals surface area contributed by atoms with Gasteiger partial charge in [-0.25, -0.2) is 0 Å². The minimum atomic E-state index is -0.506. The van der Waals surface area contributed by atoms with E-state index < -0.39 is 11.8 Å². The predicted octanol–water partition coefficient (Wildman–Crippen LogP) is 3.69. The Morgan fingerprint density at radius 3 is 2.30 bits per heavy atom. The van der Waals surface area contributed by atoms with Gasteiger partial charge in [-0.05, 0) is 41.0 Å². The quantitative estimate of drug-likeness (QED) is 0.377. The summed E-state index contributed by atoms with van der Waals surface area (Å²) in [5.41, 5.74) is 2.61. The normalized spacial score (nSPS) is 24.8. The molecule has 6 rings (SSSR count). The molecule has 1 aliphatic carbocycles. The number of Topliss-reactive ketones (excluding diaryl/α,β-unsaturated/α-hetero) is 1. The third kappa shape index (κ3) is 4.70. The second-order valence-corrected chi connectivity index (χ2v) is 12.6.